The maximum absolute atomic E-state index is 12.3. The molecule has 4 rings (SSSR count). The Labute approximate surface area is 156 Å². The van der Waals surface area contributed by atoms with E-state index in [0.29, 0.717) is 5.92 Å². The van der Waals surface area contributed by atoms with E-state index in [2.05, 4.69) is 4.57 Å². The Morgan fingerprint density at radius 2 is 2.12 bits per heavy atom. The molecule has 3 aliphatic rings. The topological polar surface area (TPSA) is 84.5 Å². The van der Waals surface area contributed by atoms with Gasteiger partial charge in [0.2, 0.25) is 5.91 Å². The van der Waals surface area contributed by atoms with Gasteiger partial charge in [-0.05, 0) is 32.1 Å². The molecule has 0 radical (unpaired) electrons. The molecule has 3 heterocycles. The van der Waals surface area contributed by atoms with Crippen LogP contribution < -0.4 is 9.67 Å². The number of carbonyl (C=O) groups is 2. The Kier molecular flexibility index (Phi) is 4.52. The fraction of sp³-hybridized carbons (Fsp3) is 0.526. The van der Waals surface area contributed by atoms with Gasteiger partial charge in [0, 0.05) is 23.0 Å². The number of β-lactam (4-membered cyclic amide) rings is 1. The maximum Gasteiger partial charge on any atom is 0.236 e. The summed E-state index contributed by atoms with van der Waals surface area (Å²) in [5.74, 6) is -1.48. The van der Waals surface area contributed by atoms with Gasteiger partial charge in [-0.25, -0.2) is 4.57 Å². The fourth-order valence-corrected chi connectivity index (χ4v) is 6.19. The number of aromatic nitrogens is 1. The maximum atomic E-state index is 12.3. The first-order chi connectivity index (χ1) is 12.5. The Hall–Kier alpha value is -1.86. The van der Waals surface area contributed by atoms with Crippen molar-refractivity contribution in [2.45, 2.75) is 44.2 Å². The van der Waals surface area contributed by atoms with Crippen LogP contribution >= 0.6 is 11.8 Å². The van der Waals surface area contributed by atoms with Crippen LogP contribution in [0.4, 0.5) is 0 Å². The molecule has 0 spiro atoms. The van der Waals surface area contributed by atoms with Crippen LogP contribution in [0.5, 0.6) is 0 Å². The molecule has 0 bridgehead atoms. The average molecular weight is 374 g/mol. The van der Waals surface area contributed by atoms with Crippen molar-refractivity contribution in [1.29, 1.82) is 0 Å². The van der Waals surface area contributed by atoms with E-state index in [0.717, 1.165) is 30.7 Å². The van der Waals surface area contributed by atoms with E-state index in [1.165, 1.54) is 16.7 Å². The van der Waals surface area contributed by atoms with Crippen molar-refractivity contribution in [3.8, 4) is 0 Å². The summed E-state index contributed by atoms with van der Waals surface area (Å²) in [7, 11) is 0. The van der Waals surface area contributed by atoms with Crippen LogP contribution in [0, 0.1) is 17.8 Å². The first kappa shape index (κ1) is 17.5. The zero-order chi connectivity index (χ0) is 18.4. The molecule has 1 N–H and O–H groups in total. The lowest BCUT2D eigenvalue weighted by Gasteiger charge is -2.44. The van der Waals surface area contributed by atoms with Gasteiger partial charge in [-0.1, -0.05) is 6.07 Å². The zero-order valence-corrected chi connectivity index (χ0v) is 15.4. The molecule has 138 valence electrons. The largest absolute Gasteiger partial charge is 0.543 e. The number of carboxylic acids is 1. The Morgan fingerprint density at radius 3 is 2.77 bits per heavy atom. The van der Waals surface area contributed by atoms with Gasteiger partial charge in [-0.3, -0.25) is 9.69 Å². The number of aliphatic carboxylic acids is 1. The molecule has 1 saturated carbocycles. The van der Waals surface area contributed by atoms with E-state index in [9.17, 15) is 19.8 Å². The van der Waals surface area contributed by atoms with Crippen LogP contribution in [0.15, 0.2) is 41.2 Å². The predicted octanol–water partition coefficient (Wildman–Crippen LogP) is 0.264. The summed E-state index contributed by atoms with van der Waals surface area (Å²) in [6.45, 7) is 2.50. The molecule has 2 unspecified atom stereocenters. The first-order valence-electron chi connectivity index (χ1n) is 9.04. The molecular formula is C19H22N2O4S. The second kappa shape index (κ2) is 6.70. The number of aliphatic hydroxyl groups is 1. The summed E-state index contributed by atoms with van der Waals surface area (Å²) >= 11 is 1.44. The number of nitrogens with zero attached hydrogens (tertiary/aromatic N) is 2. The molecule has 1 aromatic heterocycles. The highest BCUT2D eigenvalue weighted by Crippen LogP contribution is 2.55. The standard InChI is InChI=1S/C19H22N2O4S/c1-11(22)14-17(23)21-15(19(24)25)16(26-18(14)21)13-6-5-12(9-13)10-20-7-3-2-4-8-20/h2-4,7-8,11-14,18,22H,5-6,9-10H2,1H3/t11-,12?,13?,14+,18-/m1/s1. The molecule has 2 aliphatic heterocycles. The molecule has 6 nitrogen and oxygen atoms in total. The summed E-state index contributed by atoms with van der Waals surface area (Å²) in [5, 5.41) is 21.2. The summed E-state index contributed by atoms with van der Waals surface area (Å²) in [6.07, 6.45) is 6.18. The third-order valence-electron chi connectivity index (χ3n) is 5.68. The predicted molar refractivity (Wildman–Crippen MR) is 92.9 cm³/mol. The van der Waals surface area contributed by atoms with Gasteiger partial charge in [0.15, 0.2) is 18.9 Å². The van der Waals surface area contributed by atoms with Gasteiger partial charge in [-0.2, -0.15) is 0 Å². The van der Waals surface area contributed by atoms with E-state index in [-0.39, 0.29) is 22.9 Å². The third-order valence-corrected chi connectivity index (χ3v) is 7.20. The molecule has 26 heavy (non-hydrogen) atoms. The minimum Gasteiger partial charge on any atom is -0.543 e. The number of thioether (sulfide) groups is 1. The molecule has 0 aromatic carbocycles. The minimum atomic E-state index is -1.28. The second-order valence-corrected chi connectivity index (χ2v) is 8.59. The number of aliphatic hydroxyl groups excluding tert-OH is 1. The molecule has 7 heteroatoms. The fourth-order valence-electron chi connectivity index (χ4n) is 4.42. The van der Waals surface area contributed by atoms with Crippen molar-refractivity contribution in [3.05, 3.63) is 41.2 Å². The average Bonchev–Trinajstić information content (AvgIpc) is 3.17. The lowest BCUT2D eigenvalue weighted by atomic mass is 9.91. The van der Waals surface area contributed by atoms with Crippen molar-refractivity contribution >= 4 is 23.6 Å². The van der Waals surface area contributed by atoms with Crippen LogP contribution in [0.3, 0.4) is 0 Å². The van der Waals surface area contributed by atoms with Crippen molar-refractivity contribution < 1.29 is 24.4 Å². The van der Waals surface area contributed by atoms with E-state index in [1.54, 1.807) is 6.92 Å². The van der Waals surface area contributed by atoms with Gasteiger partial charge in [-0.15, -0.1) is 11.8 Å². The molecular weight excluding hydrogens is 352 g/mol. The number of pyridine rings is 1. The van der Waals surface area contributed by atoms with E-state index >= 15 is 0 Å². The molecule has 5 atom stereocenters. The first-order valence-corrected chi connectivity index (χ1v) is 9.92. The lowest BCUT2D eigenvalue weighted by Crippen LogP contribution is -2.61. The highest BCUT2D eigenvalue weighted by atomic mass is 32.2. The van der Waals surface area contributed by atoms with Crippen LogP contribution in [0.25, 0.3) is 0 Å². The number of allylic oxidation sites excluding steroid dienone is 1. The molecule has 1 saturated heterocycles. The third kappa shape index (κ3) is 2.83. The number of rotatable bonds is 5. The van der Waals surface area contributed by atoms with Crippen molar-refractivity contribution in [2.24, 2.45) is 17.8 Å². The number of hydrogen-bond acceptors (Lipinski definition) is 5. The SMILES string of the molecule is C[C@@H](O)[C@H]1C(=O)N2C(C(=O)[O-])=C(C3CCC(C[n+]4ccccc4)C3)S[C@H]12. The van der Waals surface area contributed by atoms with E-state index in [1.807, 2.05) is 30.6 Å². The van der Waals surface area contributed by atoms with Gasteiger partial charge < -0.3 is 15.0 Å². The van der Waals surface area contributed by atoms with Gasteiger partial charge >= 0.3 is 0 Å². The number of carbonyl (C=O) groups excluding carboxylic acids is 2. The Morgan fingerprint density at radius 1 is 1.38 bits per heavy atom. The summed E-state index contributed by atoms with van der Waals surface area (Å²) in [4.78, 5) is 26.1. The molecule has 2 fully saturated rings. The van der Waals surface area contributed by atoms with Crippen molar-refractivity contribution in [3.63, 3.8) is 0 Å². The summed E-state index contributed by atoms with van der Waals surface area (Å²) < 4.78 is 2.16. The van der Waals surface area contributed by atoms with Gasteiger partial charge in [0.05, 0.1) is 23.7 Å². The van der Waals surface area contributed by atoms with Crippen molar-refractivity contribution in [2.75, 3.05) is 0 Å². The Balaban J connectivity index is 1.51. The smallest absolute Gasteiger partial charge is 0.236 e. The summed E-state index contributed by atoms with van der Waals surface area (Å²) in [6, 6.07) is 5.99. The van der Waals surface area contributed by atoms with Gasteiger partial charge in [0.25, 0.3) is 0 Å². The van der Waals surface area contributed by atoms with Crippen molar-refractivity contribution in [1.82, 2.24) is 4.90 Å². The van der Waals surface area contributed by atoms with Crippen LogP contribution in [0.1, 0.15) is 26.2 Å². The molecule has 1 aromatic rings. The quantitative estimate of drug-likeness (QED) is 0.591. The highest BCUT2D eigenvalue weighted by Gasteiger charge is 2.57. The van der Waals surface area contributed by atoms with Crippen LogP contribution in [-0.2, 0) is 16.1 Å². The zero-order valence-electron chi connectivity index (χ0n) is 14.6. The lowest BCUT2D eigenvalue weighted by molar-refractivity contribution is -0.703. The summed E-state index contributed by atoms with van der Waals surface area (Å²) in [5.41, 5.74) is 0.0416. The molecule has 1 amide bonds. The molecule has 1 aliphatic carbocycles. The number of fused-ring (bicyclic) bond motifs is 1. The number of amides is 1. The van der Waals surface area contributed by atoms with E-state index < -0.39 is 18.0 Å². The van der Waals surface area contributed by atoms with Crippen LogP contribution in [-0.4, -0.2) is 33.4 Å². The normalized spacial score (nSPS) is 31.8. The second-order valence-electron chi connectivity index (χ2n) is 7.43. The number of hydrogen-bond donors (Lipinski definition) is 1. The number of carboxylic acid groups (broad SMARTS) is 1. The van der Waals surface area contributed by atoms with Crippen LogP contribution in [0.2, 0.25) is 0 Å². The minimum absolute atomic E-state index is 0.0416. The van der Waals surface area contributed by atoms with E-state index in [4.69, 9.17) is 0 Å². The highest BCUT2D eigenvalue weighted by molar-refractivity contribution is 8.04. The van der Waals surface area contributed by atoms with Gasteiger partial charge in [0.1, 0.15) is 5.37 Å². The monoisotopic (exact) mass is 374 g/mol. The Bertz CT molecular complexity index is 764.